The number of amides is 1. The molecule has 0 N–H and O–H groups in total. The van der Waals surface area contributed by atoms with Crippen LogP contribution in [0.2, 0.25) is 0 Å². The van der Waals surface area contributed by atoms with Crippen LogP contribution in [0.15, 0.2) is 72.9 Å². The van der Waals surface area contributed by atoms with Gasteiger partial charge in [0.1, 0.15) is 5.65 Å². The molecule has 1 aliphatic heterocycles. The summed E-state index contributed by atoms with van der Waals surface area (Å²) in [5.74, 6) is 0.693. The van der Waals surface area contributed by atoms with E-state index in [-0.39, 0.29) is 11.7 Å². The van der Waals surface area contributed by atoms with Crippen LogP contribution in [0.4, 0.5) is 0 Å². The highest BCUT2D eigenvalue weighted by molar-refractivity contribution is 5.94. The van der Waals surface area contributed by atoms with Crippen molar-refractivity contribution in [3.8, 4) is 22.4 Å². The predicted molar refractivity (Wildman–Crippen MR) is 141 cm³/mol. The first-order valence-corrected chi connectivity index (χ1v) is 12.8. The molecule has 1 amide bonds. The summed E-state index contributed by atoms with van der Waals surface area (Å²) in [4.78, 5) is 33.7. The first-order chi connectivity index (χ1) is 17.6. The Hall–Kier alpha value is -3.77. The quantitative estimate of drug-likeness (QED) is 0.369. The Morgan fingerprint density at radius 1 is 0.833 bits per heavy atom. The van der Waals surface area contributed by atoms with E-state index in [9.17, 15) is 9.59 Å². The summed E-state index contributed by atoms with van der Waals surface area (Å²) >= 11 is 0. The molecular weight excluding hydrogens is 448 g/mol. The van der Waals surface area contributed by atoms with Crippen LogP contribution in [0.5, 0.6) is 0 Å². The summed E-state index contributed by atoms with van der Waals surface area (Å²) in [7, 11) is 0. The van der Waals surface area contributed by atoms with Crippen molar-refractivity contribution >= 4 is 17.3 Å². The predicted octanol–water partition coefficient (Wildman–Crippen LogP) is 4.93. The number of fused-ring (bicyclic) bond motifs is 1. The number of pyridine rings is 1. The number of nitrogens with zero attached hydrogens (tertiary/aromatic N) is 4. The van der Waals surface area contributed by atoms with Crippen molar-refractivity contribution < 1.29 is 9.59 Å². The van der Waals surface area contributed by atoms with Gasteiger partial charge in [-0.05, 0) is 43.0 Å². The molecule has 2 aromatic carbocycles. The van der Waals surface area contributed by atoms with Crippen LogP contribution in [0.1, 0.15) is 35.8 Å². The van der Waals surface area contributed by atoms with Crippen molar-refractivity contribution in [2.45, 2.75) is 26.3 Å². The van der Waals surface area contributed by atoms with Gasteiger partial charge in [0.15, 0.2) is 5.78 Å². The zero-order chi connectivity index (χ0) is 24.6. The van der Waals surface area contributed by atoms with E-state index >= 15 is 0 Å². The lowest BCUT2D eigenvalue weighted by Crippen LogP contribution is -2.48. The number of carbonyl (C=O) groups is 2. The molecule has 6 nitrogen and oxygen atoms in total. The number of imidazole rings is 1. The monoisotopic (exact) mass is 478 g/mol. The van der Waals surface area contributed by atoms with E-state index in [1.165, 1.54) is 0 Å². The third-order valence-corrected chi connectivity index (χ3v) is 7.37. The molecule has 0 radical (unpaired) electrons. The third kappa shape index (κ3) is 4.44. The minimum Gasteiger partial charge on any atom is -0.340 e. The SMILES string of the molecule is CC(=O)c1ccc(-c2ccc3nc(-c4ccccc4)c(CN4CCN(C(=O)C5CC5)CC4)n3c2)cc1. The van der Waals surface area contributed by atoms with Gasteiger partial charge in [-0.2, -0.15) is 0 Å². The zero-order valence-electron chi connectivity index (χ0n) is 20.6. The minimum atomic E-state index is 0.0697. The maximum atomic E-state index is 12.5. The number of hydrogen-bond donors (Lipinski definition) is 0. The summed E-state index contributed by atoms with van der Waals surface area (Å²) in [5.41, 5.74) is 7.03. The van der Waals surface area contributed by atoms with E-state index in [0.29, 0.717) is 11.5 Å². The Bertz CT molecular complexity index is 1410. The van der Waals surface area contributed by atoms with E-state index in [2.05, 4.69) is 39.8 Å². The van der Waals surface area contributed by atoms with Crippen LogP contribution in [0.3, 0.4) is 0 Å². The first-order valence-electron chi connectivity index (χ1n) is 12.8. The van der Waals surface area contributed by atoms with E-state index in [4.69, 9.17) is 4.98 Å². The number of carbonyl (C=O) groups excluding carboxylic acids is 2. The Kier molecular flexibility index (Phi) is 5.89. The van der Waals surface area contributed by atoms with Gasteiger partial charge >= 0.3 is 0 Å². The average Bonchev–Trinajstić information content (AvgIpc) is 3.71. The third-order valence-electron chi connectivity index (χ3n) is 7.37. The van der Waals surface area contributed by atoms with E-state index in [1.807, 2.05) is 47.4 Å². The van der Waals surface area contributed by atoms with Gasteiger partial charge in [0, 0.05) is 56.0 Å². The summed E-state index contributed by atoms with van der Waals surface area (Å²) in [6, 6.07) is 22.3. The van der Waals surface area contributed by atoms with Crippen molar-refractivity contribution in [2.24, 2.45) is 5.92 Å². The van der Waals surface area contributed by atoms with Crippen LogP contribution >= 0.6 is 0 Å². The highest BCUT2D eigenvalue weighted by Crippen LogP contribution is 2.32. The van der Waals surface area contributed by atoms with E-state index < -0.39 is 0 Å². The number of hydrogen-bond acceptors (Lipinski definition) is 4. The van der Waals surface area contributed by atoms with Crippen LogP contribution in [0, 0.1) is 5.92 Å². The van der Waals surface area contributed by atoms with E-state index in [0.717, 1.165) is 79.3 Å². The Balaban J connectivity index is 1.33. The number of Topliss-reactive ketones (excluding diaryl/α,β-unsaturated/α-hetero) is 1. The normalized spacial score (nSPS) is 16.4. The van der Waals surface area contributed by atoms with Crippen molar-refractivity contribution in [1.29, 1.82) is 0 Å². The van der Waals surface area contributed by atoms with Gasteiger partial charge in [-0.3, -0.25) is 14.5 Å². The fourth-order valence-corrected chi connectivity index (χ4v) is 5.07. The van der Waals surface area contributed by atoms with Crippen LogP contribution < -0.4 is 0 Å². The maximum absolute atomic E-state index is 12.5. The zero-order valence-corrected chi connectivity index (χ0v) is 20.6. The molecule has 2 aromatic heterocycles. The molecule has 182 valence electrons. The molecule has 3 heterocycles. The number of aromatic nitrogens is 2. The van der Waals surface area contributed by atoms with Gasteiger partial charge in [0.25, 0.3) is 0 Å². The van der Waals surface area contributed by atoms with E-state index in [1.54, 1.807) is 6.92 Å². The number of piperazine rings is 1. The van der Waals surface area contributed by atoms with Gasteiger partial charge < -0.3 is 9.30 Å². The number of benzene rings is 2. The Morgan fingerprint density at radius 3 is 2.19 bits per heavy atom. The van der Waals surface area contributed by atoms with Crippen LogP contribution in [-0.2, 0) is 11.3 Å². The fourth-order valence-electron chi connectivity index (χ4n) is 5.07. The molecule has 1 aliphatic carbocycles. The fraction of sp³-hybridized carbons (Fsp3) is 0.300. The molecule has 0 unspecified atom stereocenters. The molecular formula is C30H30N4O2. The minimum absolute atomic E-state index is 0.0697. The van der Waals surface area contributed by atoms with Gasteiger partial charge in [0.05, 0.1) is 11.4 Å². The smallest absolute Gasteiger partial charge is 0.225 e. The van der Waals surface area contributed by atoms with Crippen molar-refractivity contribution in [3.05, 3.63) is 84.2 Å². The summed E-state index contributed by atoms with van der Waals surface area (Å²) < 4.78 is 2.21. The van der Waals surface area contributed by atoms with Crippen molar-refractivity contribution in [3.63, 3.8) is 0 Å². The lowest BCUT2D eigenvalue weighted by Gasteiger charge is -2.35. The van der Waals surface area contributed by atoms with Gasteiger partial charge in [0.2, 0.25) is 5.91 Å². The second kappa shape index (κ2) is 9.36. The maximum Gasteiger partial charge on any atom is 0.225 e. The topological polar surface area (TPSA) is 57.9 Å². The highest BCUT2D eigenvalue weighted by Gasteiger charge is 2.34. The second-order valence-electron chi connectivity index (χ2n) is 9.93. The van der Waals surface area contributed by atoms with Crippen LogP contribution in [-0.4, -0.2) is 57.1 Å². The lowest BCUT2D eigenvalue weighted by molar-refractivity contribution is -0.134. The summed E-state index contributed by atoms with van der Waals surface area (Å²) in [6.45, 7) is 5.68. The summed E-state index contributed by atoms with van der Waals surface area (Å²) in [6.07, 6.45) is 4.27. The van der Waals surface area contributed by atoms with Gasteiger partial charge in [-0.1, -0.05) is 54.6 Å². The highest BCUT2D eigenvalue weighted by atomic mass is 16.2. The lowest BCUT2D eigenvalue weighted by atomic mass is 10.0. The molecule has 6 heteroatoms. The first kappa shape index (κ1) is 22.7. The second-order valence-corrected chi connectivity index (χ2v) is 9.93. The molecule has 2 fully saturated rings. The molecule has 1 saturated heterocycles. The molecule has 0 spiro atoms. The van der Waals surface area contributed by atoms with Gasteiger partial charge in [-0.15, -0.1) is 0 Å². The molecule has 2 aliphatic rings. The van der Waals surface area contributed by atoms with Gasteiger partial charge in [-0.25, -0.2) is 4.98 Å². The number of ketones is 1. The standard InChI is InChI=1S/C30H30N4O2/c1-21(35)22-7-9-23(10-8-22)26-13-14-28-31-29(24-5-3-2-4-6-24)27(34(28)19-26)20-32-15-17-33(18-16-32)30(36)25-11-12-25/h2-10,13-14,19,25H,11-12,15-18,20H2,1H3. The molecule has 0 bridgehead atoms. The Labute approximate surface area is 211 Å². The molecule has 6 rings (SSSR count). The largest absolute Gasteiger partial charge is 0.340 e. The van der Waals surface area contributed by atoms with Crippen molar-refractivity contribution in [1.82, 2.24) is 19.2 Å². The average molecular weight is 479 g/mol. The molecule has 4 aromatic rings. The molecule has 36 heavy (non-hydrogen) atoms. The number of rotatable bonds is 6. The summed E-state index contributed by atoms with van der Waals surface area (Å²) in [5, 5.41) is 0. The Morgan fingerprint density at radius 2 is 1.53 bits per heavy atom. The van der Waals surface area contributed by atoms with Crippen molar-refractivity contribution in [2.75, 3.05) is 26.2 Å². The van der Waals surface area contributed by atoms with Crippen LogP contribution in [0.25, 0.3) is 28.0 Å². The molecule has 0 atom stereocenters. The molecule has 1 saturated carbocycles.